The van der Waals surface area contributed by atoms with Gasteiger partial charge in [0, 0.05) is 0 Å². The molecular weight excluding hydrogens is 184 g/mol. The third-order valence-corrected chi connectivity index (χ3v) is 0.737. The summed E-state index contributed by atoms with van der Waals surface area (Å²) in [5, 5.41) is 0. The maximum Gasteiger partial charge on any atom is 0.491 e. The van der Waals surface area contributed by atoms with E-state index in [2.05, 4.69) is 4.74 Å². The molecule has 0 amide bonds. The molecule has 0 aromatic heterocycles. The number of esters is 2. The molecule has 0 aliphatic heterocycles. The standard InChI is InChI=1S/C5H4F4O3/c6-2-1-3(10)12-4(11)5(7,8)9/h1-2H2. The summed E-state index contributed by atoms with van der Waals surface area (Å²) in [6.07, 6.45) is -6.08. The molecule has 0 radical (unpaired) electrons. The van der Waals surface area contributed by atoms with E-state index in [1.165, 1.54) is 0 Å². The Morgan fingerprint density at radius 1 is 1.25 bits per heavy atom. The molecule has 0 saturated carbocycles. The van der Waals surface area contributed by atoms with Crippen molar-refractivity contribution in [3.8, 4) is 0 Å². The second kappa shape index (κ2) is 4.03. The number of ether oxygens (including phenoxy) is 1. The van der Waals surface area contributed by atoms with E-state index >= 15 is 0 Å². The van der Waals surface area contributed by atoms with Gasteiger partial charge in [0.05, 0.1) is 13.1 Å². The van der Waals surface area contributed by atoms with Gasteiger partial charge >= 0.3 is 18.1 Å². The van der Waals surface area contributed by atoms with Gasteiger partial charge in [0.25, 0.3) is 0 Å². The van der Waals surface area contributed by atoms with Crippen molar-refractivity contribution in [3.63, 3.8) is 0 Å². The molecule has 0 aliphatic rings. The van der Waals surface area contributed by atoms with Crippen molar-refractivity contribution in [1.82, 2.24) is 0 Å². The van der Waals surface area contributed by atoms with Crippen LogP contribution in [0.2, 0.25) is 0 Å². The van der Waals surface area contributed by atoms with Gasteiger partial charge in [-0.1, -0.05) is 0 Å². The highest BCUT2D eigenvalue weighted by molar-refractivity contribution is 5.88. The van der Waals surface area contributed by atoms with E-state index in [1.807, 2.05) is 0 Å². The van der Waals surface area contributed by atoms with Crippen molar-refractivity contribution in [3.05, 3.63) is 0 Å². The summed E-state index contributed by atoms with van der Waals surface area (Å²) >= 11 is 0. The fraction of sp³-hybridized carbons (Fsp3) is 0.600. The Balaban J connectivity index is 3.94. The zero-order valence-electron chi connectivity index (χ0n) is 5.65. The van der Waals surface area contributed by atoms with E-state index < -0.39 is 31.2 Å². The molecule has 0 atom stereocenters. The van der Waals surface area contributed by atoms with E-state index in [-0.39, 0.29) is 0 Å². The topological polar surface area (TPSA) is 43.4 Å². The third-order valence-electron chi connectivity index (χ3n) is 0.737. The molecule has 0 spiro atoms. The number of carbonyl (C=O) groups is 2. The zero-order valence-corrected chi connectivity index (χ0v) is 5.65. The normalized spacial score (nSPS) is 11.0. The predicted octanol–water partition coefficient (Wildman–Crippen LogP) is 0.978. The molecule has 0 bridgehead atoms. The number of hydrogen-bond donors (Lipinski definition) is 0. The van der Waals surface area contributed by atoms with Crippen LogP contribution in [0.4, 0.5) is 17.6 Å². The van der Waals surface area contributed by atoms with E-state index in [0.29, 0.717) is 0 Å². The first-order chi connectivity index (χ1) is 5.38. The van der Waals surface area contributed by atoms with E-state index in [1.54, 1.807) is 0 Å². The molecule has 0 aromatic rings. The highest BCUT2D eigenvalue weighted by atomic mass is 19.4. The van der Waals surface area contributed by atoms with Crippen molar-refractivity contribution >= 4 is 11.9 Å². The van der Waals surface area contributed by atoms with Gasteiger partial charge < -0.3 is 4.74 Å². The van der Waals surface area contributed by atoms with Gasteiger partial charge in [0.2, 0.25) is 0 Å². The van der Waals surface area contributed by atoms with Crippen LogP contribution in [-0.2, 0) is 14.3 Å². The van der Waals surface area contributed by atoms with Gasteiger partial charge in [-0.2, -0.15) is 13.2 Å². The van der Waals surface area contributed by atoms with E-state index in [4.69, 9.17) is 0 Å². The fourth-order valence-corrected chi connectivity index (χ4v) is 0.289. The van der Waals surface area contributed by atoms with Crippen LogP contribution in [0.25, 0.3) is 0 Å². The summed E-state index contributed by atoms with van der Waals surface area (Å²) in [6.45, 7) is -1.16. The number of alkyl halides is 4. The van der Waals surface area contributed by atoms with Gasteiger partial charge in [-0.3, -0.25) is 9.18 Å². The monoisotopic (exact) mass is 188 g/mol. The maximum atomic E-state index is 11.3. The molecule has 7 heteroatoms. The Hall–Kier alpha value is -1.14. The van der Waals surface area contributed by atoms with Gasteiger partial charge in [-0.25, -0.2) is 4.79 Å². The van der Waals surface area contributed by atoms with Gasteiger partial charge in [0.15, 0.2) is 0 Å². The summed E-state index contributed by atoms with van der Waals surface area (Å²) in [5.41, 5.74) is 0. The molecular formula is C5H4F4O3. The molecule has 70 valence electrons. The lowest BCUT2D eigenvalue weighted by atomic mass is 10.5. The lowest BCUT2D eigenvalue weighted by molar-refractivity contribution is -0.201. The highest BCUT2D eigenvalue weighted by Crippen LogP contribution is 2.16. The summed E-state index contributed by atoms with van der Waals surface area (Å²) in [5.74, 6) is -4.15. The SMILES string of the molecule is O=C(CCF)OC(=O)C(F)(F)F. The lowest BCUT2D eigenvalue weighted by Crippen LogP contribution is -2.28. The predicted molar refractivity (Wildman–Crippen MR) is 27.7 cm³/mol. The lowest BCUT2D eigenvalue weighted by Gasteiger charge is -2.03. The van der Waals surface area contributed by atoms with Crippen LogP contribution in [0, 0.1) is 0 Å². The van der Waals surface area contributed by atoms with Crippen molar-refractivity contribution in [2.45, 2.75) is 12.6 Å². The Morgan fingerprint density at radius 3 is 2.08 bits per heavy atom. The first kappa shape index (κ1) is 10.9. The molecule has 0 rings (SSSR count). The van der Waals surface area contributed by atoms with Crippen LogP contribution < -0.4 is 0 Å². The van der Waals surface area contributed by atoms with Gasteiger partial charge in [-0.15, -0.1) is 0 Å². The average molecular weight is 188 g/mol. The number of hydrogen-bond acceptors (Lipinski definition) is 3. The van der Waals surface area contributed by atoms with E-state index in [0.717, 1.165) is 0 Å². The van der Waals surface area contributed by atoms with Crippen LogP contribution in [0.3, 0.4) is 0 Å². The second-order valence-electron chi connectivity index (χ2n) is 1.70. The molecule has 0 heterocycles. The van der Waals surface area contributed by atoms with Crippen molar-refractivity contribution in [2.75, 3.05) is 6.67 Å². The van der Waals surface area contributed by atoms with Gasteiger partial charge in [0.1, 0.15) is 0 Å². The average Bonchev–Trinajstić information content (AvgIpc) is 1.85. The van der Waals surface area contributed by atoms with Crippen LogP contribution in [0.5, 0.6) is 0 Å². The second-order valence-corrected chi connectivity index (χ2v) is 1.70. The van der Waals surface area contributed by atoms with Crippen LogP contribution in [-0.4, -0.2) is 24.8 Å². The van der Waals surface area contributed by atoms with Gasteiger partial charge in [-0.05, 0) is 0 Å². The minimum absolute atomic E-state index is 0.859. The molecule has 0 fully saturated rings. The first-order valence-electron chi connectivity index (χ1n) is 2.75. The summed E-state index contributed by atoms with van der Waals surface area (Å²) in [4.78, 5) is 20.0. The first-order valence-corrected chi connectivity index (χ1v) is 2.75. The van der Waals surface area contributed by atoms with Crippen LogP contribution in [0.15, 0.2) is 0 Å². The molecule has 0 aliphatic carbocycles. The minimum Gasteiger partial charge on any atom is -0.386 e. The molecule has 3 nitrogen and oxygen atoms in total. The Kier molecular flexibility index (Phi) is 3.65. The molecule has 0 aromatic carbocycles. The van der Waals surface area contributed by atoms with Crippen molar-refractivity contribution in [2.24, 2.45) is 0 Å². The molecule has 0 unspecified atom stereocenters. The fourth-order valence-electron chi connectivity index (χ4n) is 0.289. The summed E-state index contributed by atoms with van der Waals surface area (Å²) < 4.78 is 48.5. The number of rotatable bonds is 2. The summed E-state index contributed by atoms with van der Waals surface area (Å²) in [7, 11) is 0. The zero-order chi connectivity index (χ0) is 9.78. The Labute approximate surface area is 64.3 Å². The Morgan fingerprint density at radius 2 is 1.75 bits per heavy atom. The van der Waals surface area contributed by atoms with Crippen LogP contribution >= 0.6 is 0 Å². The highest BCUT2D eigenvalue weighted by Gasteiger charge is 2.42. The quantitative estimate of drug-likeness (QED) is 0.368. The minimum atomic E-state index is -5.22. The maximum absolute atomic E-state index is 11.3. The number of carbonyl (C=O) groups excluding carboxylic acids is 2. The molecule has 0 N–H and O–H groups in total. The molecule has 12 heavy (non-hydrogen) atoms. The van der Waals surface area contributed by atoms with Crippen molar-refractivity contribution < 1.29 is 31.9 Å². The third kappa shape index (κ3) is 3.89. The van der Waals surface area contributed by atoms with Crippen LogP contribution in [0.1, 0.15) is 6.42 Å². The van der Waals surface area contributed by atoms with E-state index in [9.17, 15) is 27.2 Å². The number of halogens is 4. The smallest absolute Gasteiger partial charge is 0.386 e. The van der Waals surface area contributed by atoms with Crippen molar-refractivity contribution in [1.29, 1.82) is 0 Å². The Bertz CT molecular complexity index is 186. The molecule has 0 saturated heterocycles. The summed E-state index contributed by atoms with van der Waals surface area (Å²) in [6, 6.07) is 0. The largest absolute Gasteiger partial charge is 0.491 e.